The molecular weight excluding hydrogens is 248 g/mol. The van der Waals surface area contributed by atoms with Crippen molar-refractivity contribution in [1.29, 1.82) is 0 Å². The van der Waals surface area contributed by atoms with Crippen LogP contribution in [0.5, 0.6) is 0 Å². The molecule has 20 heavy (non-hydrogen) atoms. The SMILES string of the molecule is CC1C=CCCCCCCC=CC(C)CC(O)C(=O)C1. The summed E-state index contributed by atoms with van der Waals surface area (Å²) >= 11 is 0. The predicted molar refractivity (Wildman–Crippen MR) is 84.6 cm³/mol. The highest BCUT2D eigenvalue weighted by molar-refractivity contribution is 5.83. The van der Waals surface area contributed by atoms with Gasteiger partial charge in [-0.05, 0) is 43.9 Å². The highest BCUT2D eigenvalue weighted by Gasteiger charge is 2.18. The van der Waals surface area contributed by atoms with Crippen LogP contribution >= 0.6 is 0 Å². The van der Waals surface area contributed by atoms with E-state index < -0.39 is 6.10 Å². The molecule has 0 spiro atoms. The predicted octanol–water partition coefficient (Wildman–Crippen LogP) is 4.44. The normalized spacial score (nSPS) is 31.4. The van der Waals surface area contributed by atoms with Gasteiger partial charge in [0.05, 0.1) is 0 Å². The van der Waals surface area contributed by atoms with Crippen molar-refractivity contribution >= 4 is 5.78 Å². The molecule has 0 radical (unpaired) electrons. The Morgan fingerprint density at radius 2 is 1.50 bits per heavy atom. The average Bonchev–Trinajstić information content (AvgIpc) is 2.39. The fourth-order valence-corrected chi connectivity index (χ4v) is 2.62. The number of rotatable bonds is 0. The molecule has 1 aliphatic rings. The first kappa shape index (κ1) is 17.2. The van der Waals surface area contributed by atoms with E-state index in [1.807, 2.05) is 6.92 Å². The fourth-order valence-electron chi connectivity index (χ4n) is 2.62. The number of carbonyl (C=O) groups excluding carboxylic acids is 1. The maximum absolute atomic E-state index is 12.0. The fraction of sp³-hybridized carbons (Fsp3) is 0.722. The lowest BCUT2D eigenvalue weighted by atomic mass is 9.94. The number of hydrogen-bond acceptors (Lipinski definition) is 2. The van der Waals surface area contributed by atoms with Gasteiger partial charge in [-0.25, -0.2) is 0 Å². The van der Waals surface area contributed by atoms with E-state index in [9.17, 15) is 9.90 Å². The highest BCUT2D eigenvalue weighted by Crippen LogP contribution is 2.15. The molecule has 0 aromatic carbocycles. The third-order valence-corrected chi connectivity index (χ3v) is 3.91. The van der Waals surface area contributed by atoms with Crippen molar-refractivity contribution in [3.63, 3.8) is 0 Å². The van der Waals surface area contributed by atoms with Gasteiger partial charge in [0.1, 0.15) is 6.10 Å². The molecule has 0 aromatic heterocycles. The molecule has 0 heterocycles. The van der Waals surface area contributed by atoms with Crippen LogP contribution in [-0.4, -0.2) is 17.0 Å². The Bertz CT molecular complexity index is 330. The van der Waals surface area contributed by atoms with Crippen LogP contribution in [-0.2, 0) is 4.79 Å². The van der Waals surface area contributed by atoms with E-state index in [1.54, 1.807) is 0 Å². The molecule has 0 amide bonds. The Kier molecular flexibility index (Phi) is 8.52. The number of carbonyl (C=O) groups is 1. The van der Waals surface area contributed by atoms with Crippen molar-refractivity contribution in [3.05, 3.63) is 24.3 Å². The lowest BCUT2D eigenvalue weighted by Gasteiger charge is -2.14. The quantitative estimate of drug-likeness (QED) is 0.665. The zero-order chi connectivity index (χ0) is 14.8. The van der Waals surface area contributed by atoms with E-state index >= 15 is 0 Å². The number of aliphatic hydroxyl groups excluding tert-OH is 1. The van der Waals surface area contributed by atoms with Crippen LogP contribution in [0, 0.1) is 11.8 Å². The lowest BCUT2D eigenvalue weighted by molar-refractivity contribution is -0.128. The van der Waals surface area contributed by atoms with Crippen molar-refractivity contribution in [1.82, 2.24) is 0 Å². The van der Waals surface area contributed by atoms with Crippen LogP contribution in [0.3, 0.4) is 0 Å². The first-order valence-corrected chi connectivity index (χ1v) is 8.13. The summed E-state index contributed by atoms with van der Waals surface area (Å²) in [6, 6.07) is 0. The van der Waals surface area contributed by atoms with Gasteiger partial charge in [-0.1, -0.05) is 51.0 Å². The van der Waals surface area contributed by atoms with E-state index in [2.05, 4.69) is 31.2 Å². The molecule has 1 rings (SSSR count). The van der Waals surface area contributed by atoms with Gasteiger partial charge in [0, 0.05) is 6.42 Å². The maximum atomic E-state index is 12.0. The Hall–Kier alpha value is -0.890. The molecule has 0 fully saturated rings. The van der Waals surface area contributed by atoms with Crippen molar-refractivity contribution in [2.24, 2.45) is 11.8 Å². The van der Waals surface area contributed by atoms with Gasteiger partial charge >= 0.3 is 0 Å². The highest BCUT2D eigenvalue weighted by atomic mass is 16.3. The van der Waals surface area contributed by atoms with E-state index in [1.165, 1.54) is 25.7 Å². The molecule has 1 aliphatic carbocycles. The molecular formula is C18H30O2. The summed E-state index contributed by atoms with van der Waals surface area (Å²) in [5.41, 5.74) is 0. The molecule has 1 N–H and O–H groups in total. The number of aliphatic hydroxyl groups is 1. The van der Waals surface area contributed by atoms with Gasteiger partial charge in [-0.2, -0.15) is 0 Å². The van der Waals surface area contributed by atoms with Crippen LogP contribution in [0.25, 0.3) is 0 Å². The third-order valence-electron chi connectivity index (χ3n) is 3.91. The second-order valence-corrected chi connectivity index (χ2v) is 6.22. The number of hydrogen-bond donors (Lipinski definition) is 1. The van der Waals surface area contributed by atoms with Crippen LogP contribution in [0.4, 0.5) is 0 Å². The van der Waals surface area contributed by atoms with E-state index in [4.69, 9.17) is 0 Å². The van der Waals surface area contributed by atoms with Gasteiger partial charge in [-0.3, -0.25) is 4.79 Å². The molecule has 0 aromatic rings. The van der Waals surface area contributed by atoms with Crippen LogP contribution in [0.1, 0.15) is 65.2 Å². The second kappa shape index (κ2) is 9.93. The maximum Gasteiger partial charge on any atom is 0.161 e. The summed E-state index contributed by atoms with van der Waals surface area (Å²) in [5.74, 6) is 0.484. The minimum absolute atomic E-state index is 0.0190. The largest absolute Gasteiger partial charge is 0.385 e. The Morgan fingerprint density at radius 3 is 2.10 bits per heavy atom. The Labute approximate surface area is 124 Å². The monoisotopic (exact) mass is 278 g/mol. The number of allylic oxidation sites excluding steroid dienone is 4. The molecule has 0 saturated carbocycles. The van der Waals surface area contributed by atoms with Crippen molar-refractivity contribution in [3.8, 4) is 0 Å². The van der Waals surface area contributed by atoms with E-state index in [-0.39, 0.29) is 17.6 Å². The molecule has 0 saturated heterocycles. The van der Waals surface area contributed by atoms with Gasteiger partial charge in [0.25, 0.3) is 0 Å². The number of Topliss-reactive ketones (excluding diaryl/α,β-unsaturated/α-hetero) is 1. The molecule has 2 heteroatoms. The molecule has 114 valence electrons. The first-order chi connectivity index (χ1) is 9.59. The van der Waals surface area contributed by atoms with Crippen molar-refractivity contribution in [2.75, 3.05) is 0 Å². The summed E-state index contributed by atoms with van der Waals surface area (Å²) in [6.07, 6.45) is 16.1. The zero-order valence-corrected chi connectivity index (χ0v) is 13.1. The zero-order valence-electron chi connectivity index (χ0n) is 13.1. The van der Waals surface area contributed by atoms with Crippen molar-refractivity contribution in [2.45, 2.75) is 71.3 Å². The average molecular weight is 278 g/mol. The Balaban J connectivity index is 2.56. The minimum atomic E-state index is -0.807. The molecule has 0 bridgehead atoms. The lowest BCUT2D eigenvalue weighted by Crippen LogP contribution is -2.23. The topological polar surface area (TPSA) is 37.3 Å². The Morgan fingerprint density at radius 1 is 0.950 bits per heavy atom. The summed E-state index contributed by atoms with van der Waals surface area (Å²) in [6.45, 7) is 4.12. The third kappa shape index (κ3) is 7.64. The molecule has 2 nitrogen and oxygen atoms in total. The number of ketones is 1. The second-order valence-electron chi connectivity index (χ2n) is 6.22. The summed E-state index contributed by atoms with van der Waals surface area (Å²) in [7, 11) is 0. The minimum Gasteiger partial charge on any atom is -0.385 e. The summed E-state index contributed by atoms with van der Waals surface area (Å²) in [5, 5.41) is 9.97. The van der Waals surface area contributed by atoms with Crippen LogP contribution < -0.4 is 0 Å². The standard InChI is InChI=1S/C18H30O2/c1-15-11-9-7-5-3-4-6-8-10-12-16(2)14-18(20)17(19)13-15/h9-12,15-17,19H,3-8,13-14H2,1-2H3. The van der Waals surface area contributed by atoms with Crippen molar-refractivity contribution < 1.29 is 9.90 Å². The van der Waals surface area contributed by atoms with E-state index in [0.717, 1.165) is 12.8 Å². The van der Waals surface area contributed by atoms with Crippen LogP contribution in [0.15, 0.2) is 24.3 Å². The summed E-state index contributed by atoms with van der Waals surface area (Å²) < 4.78 is 0. The summed E-state index contributed by atoms with van der Waals surface area (Å²) in [4.78, 5) is 12.0. The first-order valence-electron chi connectivity index (χ1n) is 8.13. The molecule has 3 unspecified atom stereocenters. The van der Waals surface area contributed by atoms with Gasteiger partial charge in [0.15, 0.2) is 5.78 Å². The smallest absolute Gasteiger partial charge is 0.161 e. The molecule has 3 atom stereocenters. The molecule has 0 aliphatic heterocycles. The van der Waals surface area contributed by atoms with Gasteiger partial charge in [0.2, 0.25) is 0 Å². The van der Waals surface area contributed by atoms with Gasteiger partial charge in [-0.15, -0.1) is 0 Å². The van der Waals surface area contributed by atoms with Crippen LogP contribution in [0.2, 0.25) is 0 Å². The van der Waals surface area contributed by atoms with Gasteiger partial charge < -0.3 is 5.11 Å². The van der Waals surface area contributed by atoms with E-state index in [0.29, 0.717) is 12.8 Å².